The molecule has 29 heavy (non-hydrogen) atoms. The van der Waals surface area contributed by atoms with Crippen molar-refractivity contribution in [1.29, 1.82) is 0 Å². The van der Waals surface area contributed by atoms with Gasteiger partial charge in [-0.15, -0.1) is 24.0 Å². The topological polar surface area (TPSA) is 83.0 Å². The molecule has 0 spiro atoms. The second kappa shape index (κ2) is 12.7. The number of sulfone groups is 1. The Labute approximate surface area is 190 Å². The lowest BCUT2D eigenvalue weighted by atomic mass is 10.1. The molecule has 0 atom stereocenters. The van der Waals surface area contributed by atoms with Gasteiger partial charge in [0, 0.05) is 52.6 Å². The summed E-state index contributed by atoms with van der Waals surface area (Å²) in [6.07, 6.45) is 3.64. The fourth-order valence-corrected chi connectivity index (χ4v) is 3.87. The zero-order valence-electron chi connectivity index (χ0n) is 17.3. The third kappa shape index (κ3) is 10.1. The molecule has 2 rings (SSSR count). The summed E-state index contributed by atoms with van der Waals surface area (Å²) in [6, 6.07) is 4.81. The fourth-order valence-electron chi connectivity index (χ4n) is 3.02. The lowest BCUT2D eigenvalue weighted by Gasteiger charge is -2.22. The van der Waals surface area contributed by atoms with E-state index in [1.165, 1.54) is 37.3 Å². The summed E-state index contributed by atoms with van der Waals surface area (Å²) in [7, 11) is 0.174. The molecule has 0 aliphatic heterocycles. The molecule has 1 aromatic carbocycles. The van der Waals surface area contributed by atoms with Crippen molar-refractivity contribution < 1.29 is 17.5 Å². The maximum absolute atomic E-state index is 13.6. The zero-order chi connectivity index (χ0) is 20.6. The fraction of sp³-hybridized carbons (Fsp3) is 0.632. The molecule has 1 aliphatic rings. The van der Waals surface area contributed by atoms with Gasteiger partial charge in [-0.3, -0.25) is 9.89 Å². The monoisotopic (exact) mass is 542 g/mol. The van der Waals surface area contributed by atoms with E-state index in [0.29, 0.717) is 29.7 Å². The van der Waals surface area contributed by atoms with Gasteiger partial charge in [-0.2, -0.15) is 0 Å². The molecule has 166 valence electrons. The number of hydrogen-bond acceptors (Lipinski definition) is 5. The molecule has 1 fully saturated rings. The second-order valence-electron chi connectivity index (χ2n) is 7.10. The van der Waals surface area contributed by atoms with Crippen LogP contribution in [0.3, 0.4) is 0 Å². The van der Waals surface area contributed by atoms with Crippen LogP contribution in [0.5, 0.6) is 0 Å². The lowest BCUT2D eigenvalue weighted by molar-refractivity contribution is 0.144. The van der Waals surface area contributed by atoms with Crippen LogP contribution in [0.4, 0.5) is 4.39 Å². The summed E-state index contributed by atoms with van der Waals surface area (Å²) < 4.78 is 42.0. The van der Waals surface area contributed by atoms with Crippen LogP contribution in [-0.4, -0.2) is 72.0 Å². The lowest BCUT2D eigenvalue weighted by Crippen LogP contribution is -2.42. The quantitative estimate of drug-likeness (QED) is 0.252. The number of nitrogens with one attached hydrogen (secondary N) is 2. The Morgan fingerprint density at radius 3 is 2.59 bits per heavy atom. The van der Waals surface area contributed by atoms with Crippen LogP contribution in [0.2, 0.25) is 0 Å². The summed E-state index contributed by atoms with van der Waals surface area (Å²) in [5, 5.41) is 6.39. The average molecular weight is 542 g/mol. The van der Waals surface area contributed by atoms with Crippen molar-refractivity contribution in [1.82, 2.24) is 15.5 Å². The van der Waals surface area contributed by atoms with Gasteiger partial charge in [-0.1, -0.05) is 6.07 Å². The van der Waals surface area contributed by atoms with Gasteiger partial charge in [0.05, 0.1) is 12.4 Å². The van der Waals surface area contributed by atoms with E-state index >= 15 is 0 Å². The Morgan fingerprint density at radius 2 is 2.00 bits per heavy atom. The molecule has 0 amide bonds. The third-order valence-electron chi connectivity index (χ3n) is 4.59. The Morgan fingerprint density at radius 1 is 1.28 bits per heavy atom. The maximum atomic E-state index is 13.6. The summed E-state index contributed by atoms with van der Waals surface area (Å²) in [6.45, 7) is 3.52. The number of guanidine groups is 1. The highest BCUT2D eigenvalue weighted by molar-refractivity contribution is 14.0. The SMILES string of the molecule is CN=C(NCCN(CCOC)C1CC1)NCc1cc(F)ccc1CS(C)(=O)=O.I. The summed E-state index contributed by atoms with van der Waals surface area (Å²) in [5.74, 6) is 0.0823. The molecule has 0 bridgehead atoms. The molecule has 7 nitrogen and oxygen atoms in total. The number of halogens is 2. The Balaban J connectivity index is 0.00000420. The Hall–Kier alpha value is -0.980. The number of benzene rings is 1. The van der Waals surface area contributed by atoms with Crippen LogP contribution in [0, 0.1) is 5.82 Å². The first-order valence-electron chi connectivity index (χ1n) is 9.45. The van der Waals surface area contributed by atoms with E-state index in [4.69, 9.17) is 4.74 Å². The van der Waals surface area contributed by atoms with Gasteiger partial charge >= 0.3 is 0 Å². The highest BCUT2D eigenvalue weighted by Crippen LogP contribution is 2.25. The first-order chi connectivity index (χ1) is 13.3. The van der Waals surface area contributed by atoms with Crippen molar-refractivity contribution in [2.75, 3.05) is 46.7 Å². The molecule has 2 N–H and O–H groups in total. The van der Waals surface area contributed by atoms with E-state index in [9.17, 15) is 12.8 Å². The van der Waals surface area contributed by atoms with Gasteiger partial charge < -0.3 is 15.4 Å². The summed E-state index contributed by atoms with van der Waals surface area (Å²) >= 11 is 0. The molecule has 1 aromatic rings. The normalized spacial score (nSPS) is 14.6. The van der Waals surface area contributed by atoms with Crippen LogP contribution in [0.15, 0.2) is 23.2 Å². The van der Waals surface area contributed by atoms with Crippen molar-refractivity contribution in [3.63, 3.8) is 0 Å². The van der Waals surface area contributed by atoms with Gasteiger partial charge in [-0.25, -0.2) is 12.8 Å². The highest BCUT2D eigenvalue weighted by atomic mass is 127. The van der Waals surface area contributed by atoms with Crippen molar-refractivity contribution in [2.45, 2.75) is 31.2 Å². The van der Waals surface area contributed by atoms with Gasteiger partial charge in [0.2, 0.25) is 0 Å². The van der Waals surface area contributed by atoms with Gasteiger partial charge in [0.15, 0.2) is 15.8 Å². The molecule has 0 radical (unpaired) electrons. The minimum absolute atomic E-state index is 0. The van der Waals surface area contributed by atoms with E-state index in [1.54, 1.807) is 14.2 Å². The standard InChI is InChI=1S/C19H31FN4O3S.HI/c1-21-19(22-8-9-24(10-11-27-2)18-6-7-18)23-13-16-12-17(20)5-4-15(16)14-28(3,25)26;/h4-5,12,18H,6-11,13-14H2,1-3H3,(H2,21,22,23);1H. The number of nitrogens with zero attached hydrogens (tertiary/aromatic N) is 2. The van der Waals surface area contributed by atoms with Crippen molar-refractivity contribution >= 4 is 39.8 Å². The smallest absolute Gasteiger partial charge is 0.191 e. The summed E-state index contributed by atoms with van der Waals surface area (Å²) in [4.78, 5) is 6.59. The van der Waals surface area contributed by atoms with Crippen molar-refractivity contribution in [3.8, 4) is 0 Å². The molecule has 0 heterocycles. The zero-order valence-corrected chi connectivity index (χ0v) is 20.4. The minimum atomic E-state index is -3.20. The number of aliphatic imine (C=N–C) groups is 1. The van der Waals surface area contributed by atoms with E-state index in [0.717, 1.165) is 19.6 Å². The average Bonchev–Trinajstić information content (AvgIpc) is 3.46. The van der Waals surface area contributed by atoms with Gasteiger partial charge in [0.1, 0.15) is 5.82 Å². The van der Waals surface area contributed by atoms with Crippen LogP contribution >= 0.6 is 24.0 Å². The molecular formula is C19H32FIN4O3S. The van der Waals surface area contributed by atoms with E-state index in [1.807, 2.05) is 0 Å². The number of rotatable bonds is 11. The first kappa shape index (κ1) is 26.1. The Bertz CT molecular complexity index is 773. The molecule has 0 saturated heterocycles. The van der Waals surface area contributed by atoms with Crippen LogP contribution in [0.25, 0.3) is 0 Å². The highest BCUT2D eigenvalue weighted by Gasteiger charge is 2.28. The predicted molar refractivity (Wildman–Crippen MR) is 125 cm³/mol. The molecule has 0 unspecified atom stereocenters. The van der Waals surface area contributed by atoms with Crippen LogP contribution in [-0.2, 0) is 26.9 Å². The minimum Gasteiger partial charge on any atom is -0.383 e. The van der Waals surface area contributed by atoms with E-state index in [2.05, 4.69) is 20.5 Å². The van der Waals surface area contributed by atoms with Gasteiger partial charge in [-0.05, 0) is 36.1 Å². The number of ether oxygens (including phenoxy) is 1. The summed E-state index contributed by atoms with van der Waals surface area (Å²) in [5.41, 5.74) is 1.19. The van der Waals surface area contributed by atoms with Crippen LogP contribution in [0.1, 0.15) is 24.0 Å². The van der Waals surface area contributed by atoms with Crippen LogP contribution < -0.4 is 10.6 Å². The number of methoxy groups -OCH3 is 1. The molecular weight excluding hydrogens is 510 g/mol. The van der Waals surface area contributed by atoms with Crippen molar-refractivity contribution in [3.05, 3.63) is 35.1 Å². The largest absolute Gasteiger partial charge is 0.383 e. The second-order valence-corrected chi connectivity index (χ2v) is 9.24. The van der Waals surface area contributed by atoms with Crippen molar-refractivity contribution in [2.24, 2.45) is 4.99 Å². The molecule has 0 aromatic heterocycles. The third-order valence-corrected chi connectivity index (χ3v) is 5.43. The van der Waals surface area contributed by atoms with E-state index < -0.39 is 15.7 Å². The maximum Gasteiger partial charge on any atom is 0.191 e. The predicted octanol–water partition coefficient (Wildman–Crippen LogP) is 1.76. The first-order valence-corrected chi connectivity index (χ1v) is 11.5. The van der Waals surface area contributed by atoms with Gasteiger partial charge in [0.25, 0.3) is 0 Å². The molecule has 1 saturated carbocycles. The molecule has 10 heteroatoms. The van der Waals surface area contributed by atoms with E-state index in [-0.39, 0.29) is 36.3 Å². The Kier molecular flexibility index (Phi) is 11.4. The molecule has 1 aliphatic carbocycles. The number of hydrogen-bond donors (Lipinski definition) is 2.